The van der Waals surface area contributed by atoms with E-state index in [4.69, 9.17) is 15.9 Å². The van der Waals surface area contributed by atoms with Gasteiger partial charge in [-0.15, -0.1) is 0 Å². The summed E-state index contributed by atoms with van der Waals surface area (Å²) in [5.74, 6) is -4.82. The van der Waals surface area contributed by atoms with Crippen molar-refractivity contribution >= 4 is 23.7 Å². The van der Waals surface area contributed by atoms with E-state index in [1.54, 1.807) is 0 Å². The molecule has 9 unspecified atom stereocenters. The number of carboxylic acids is 1. The van der Waals surface area contributed by atoms with Crippen LogP contribution in [-0.4, -0.2) is 155 Å². The van der Waals surface area contributed by atoms with Crippen molar-refractivity contribution in [1.29, 1.82) is 0 Å². The number of aliphatic hydroxyl groups excluding tert-OH is 10. The van der Waals surface area contributed by atoms with Gasteiger partial charge in [0.25, 0.3) is 11.8 Å². The molecular formula is C18H34N4O14. The van der Waals surface area contributed by atoms with Gasteiger partial charge in [-0.25, -0.2) is 4.79 Å². The Balaban J connectivity index is 4.80. The van der Waals surface area contributed by atoms with Gasteiger partial charge in [0, 0.05) is 6.54 Å². The fraction of sp³-hybridized carbons (Fsp3) is 0.778. The first-order chi connectivity index (χ1) is 16.7. The van der Waals surface area contributed by atoms with Crippen molar-refractivity contribution in [2.75, 3.05) is 19.8 Å². The SMILES string of the molecule is NC(=NCCCC(NC(=O)C(O)C(O)C(O)C(O)CO)C(=O)O)NC(=O)C(O)C(O)C(O)C(O)CO. The highest BCUT2D eigenvalue weighted by molar-refractivity contribution is 5.98. The zero-order valence-corrected chi connectivity index (χ0v) is 18.9. The summed E-state index contributed by atoms with van der Waals surface area (Å²) in [6, 6.07) is -1.60. The molecule has 18 heteroatoms. The third-order valence-corrected chi connectivity index (χ3v) is 4.85. The van der Waals surface area contributed by atoms with Crippen molar-refractivity contribution in [2.45, 2.75) is 67.7 Å². The molecule has 0 aliphatic rings. The number of carboxylic acid groups (broad SMARTS) is 1. The van der Waals surface area contributed by atoms with Gasteiger partial charge < -0.3 is 67.2 Å². The number of carbonyl (C=O) groups is 3. The Morgan fingerprint density at radius 3 is 1.61 bits per heavy atom. The first kappa shape index (κ1) is 33.5. The number of nitrogens with one attached hydrogen (secondary N) is 2. The van der Waals surface area contributed by atoms with Crippen molar-refractivity contribution in [3.8, 4) is 0 Å². The van der Waals surface area contributed by atoms with Gasteiger partial charge in [0.15, 0.2) is 18.2 Å². The molecule has 2 amide bonds. The molecule has 0 rings (SSSR count). The van der Waals surface area contributed by atoms with Gasteiger partial charge in [-0.3, -0.25) is 19.9 Å². The number of aliphatic carboxylic acids is 1. The zero-order chi connectivity index (χ0) is 28.2. The number of carbonyl (C=O) groups excluding carboxylic acids is 2. The number of aliphatic hydroxyl groups is 10. The summed E-state index contributed by atoms with van der Waals surface area (Å²) in [5.41, 5.74) is 5.43. The van der Waals surface area contributed by atoms with Crippen LogP contribution in [0.3, 0.4) is 0 Å². The Morgan fingerprint density at radius 2 is 1.19 bits per heavy atom. The smallest absolute Gasteiger partial charge is 0.326 e. The lowest BCUT2D eigenvalue weighted by molar-refractivity contribution is -0.153. The summed E-state index contributed by atoms with van der Waals surface area (Å²) in [4.78, 5) is 38.8. The molecule has 0 fully saturated rings. The molecule has 0 aromatic heterocycles. The minimum atomic E-state index is -2.34. The van der Waals surface area contributed by atoms with E-state index in [2.05, 4.69) is 4.99 Å². The van der Waals surface area contributed by atoms with E-state index in [9.17, 15) is 60.3 Å². The van der Waals surface area contributed by atoms with Gasteiger partial charge in [0.05, 0.1) is 13.2 Å². The molecule has 0 spiro atoms. The Bertz CT molecular complexity index is 741. The minimum absolute atomic E-state index is 0.0646. The lowest BCUT2D eigenvalue weighted by Gasteiger charge is -2.26. The van der Waals surface area contributed by atoms with Crippen molar-refractivity contribution in [3.63, 3.8) is 0 Å². The number of aliphatic imine (C=N–C) groups is 1. The third-order valence-electron chi connectivity index (χ3n) is 4.85. The average molecular weight is 530 g/mol. The predicted octanol–water partition coefficient (Wildman–Crippen LogP) is -8.36. The second-order valence-electron chi connectivity index (χ2n) is 7.65. The summed E-state index contributed by atoms with van der Waals surface area (Å²) in [6.07, 6.45) is -17.2. The van der Waals surface area contributed by atoms with Gasteiger partial charge in [-0.1, -0.05) is 0 Å². The molecule has 0 heterocycles. The minimum Gasteiger partial charge on any atom is -0.480 e. The number of nitrogens with two attached hydrogens (primary N) is 1. The van der Waals surface area contributed by atoms with Crippen LogP contribution in [0, 0.1) is 0 Å². The molecule has 0 saturated heterocycles. The number of rotatable bonds is 16. The van der Waals surface area contributed by atoms with Gasteiger partial charge in [-0.2, -0.15) is 0 Å². The number of hydrogen-bond donors (Lipinski definition) is 14. The van der Waals surface area contributed by atoms with Crippen LogP contribution in [0.4, 0.5) is 0 Å². The van der Waals surface area contributed by atoms with Crippen LogP contribution in [0.2, 0.25) is 0 Å². The molecule has 15 N–H and O–H groups in total. The van der Waals surface area contributed by atoms with Crippen molar-refractivity contribution in [3.05, 3.63) is 0 Å². The first-order valence-electron chi connectivity index (χ1n) is 10.5. The summed E-state index contributed by atoms with van der Waals surface area (Å²) in [5, 5.41) is 107. The molecule has 210 valence electrons. The van der Waals surface area contributed by atoms with Crippen molar-refractivity contribution in [1.82, 2.24) is 10.6 Å². The summed E-state index contributed by atoms with van der Waals surface area (Å²) in [7, 11) is 0. The van der Waals surface area contributed by atoms with Crippen LogP contribution in [0.25, 0.3) is 0 Å². The number of amides is 2. The lowest BCUT2D eigenvalue weighted by Crippen LogP contribution is -2.54. The molecule has 0 aromatic carbocycles. The largest absolute Gasteiger partial charge is 0.480 e. The third kappa shape index (κ3) is 10.6. The van der Waals surface area contributed by atoms with E-state index in [1.807, 2.05) is 10.6 Å². The number of nitrogens with zero attached hydrogens (tertiary/aromatic N) is 1. The first-order valence-corrected chi connectivity index (χ1v) is 10.5. The maximum atomic E-state index is 12.0. The average Bonchev–Trinajstić information content (AvgIpc) is 2.85. The summed E-state index contributed by atoms with van der Waals surface area (Å²) in [6.45, 7) is -2.16. The standard InChI is InChI=1S/C18H34N4O14/c19-18(22-16(34)14(32)12(30)10(28)8(26)5-24)20-3-1-2-6(17(35)36)21-15(33)13(31)11(29)9(27)7(25)4-23/h6-14,23-32H,1-5H2,(H,21,33)(H,35,36)(H3,19,20,22,34). The Morgan fingerprint density at radius 1 is 0.750 bits per heavy atom. The van der Waals surface area contributed by atoms with Gasteiger partial charge in [-0.05, 0) is 12.8 Å². The van der Waals surface area contributed by atoms with E-state index in [0.29, 0.717) is 0 Å². The van der Waals surface area contributed by atoms with Crippen LogP contribution in [0.1, 0.15) is 12.8 Å². The molecule has 0 aliphatic carbocycles. The number of hydrogen-bond acceptors (Lipinski definition) is 14. The maximum absolute atomic E-state index is 12.0. The molecule has 9 atom stereocenters. The van der Waals surface area contributed by atoms with E-state index in [-0.39, 0.29) is 19.4 Å². The highest BCUT2D eigenvalue weighted by Gasteiger charge is 2.36. The predicted molar refractivity (Wildman–Crippen MR) is 116 cm³/mol. The van der Waals surface area contributed by atoms with Crippen LogP contribution in [0.5, 0.6) is 0 Å². The quantitative estimate of drug-likeness (QED) is 0.0500. The second-order valence-corrected chi connectivity index (χ2v) is 7.65. The van der Waals surface area contributed by atoms with E-state index >= 15 is 0 Å². The Kier molecular flexibility index (Phi) is 15.1. The normalized spacial score (nSPS) is 19.7. The zero-order valence-electron chi connectivity index (χ0n) is 18.9. The van der Waals surface area contributed by atoms with Gasteiger partial charge in [0.1, 0.15) is 42.7 Å². The maximum Gasteiger partial charge on any atom is 0.326 e. The fourth-order valence-corrected chi connectivity index (χ4v) is 2.60. The monoisotopic (exact) mass is 530 g/mol. The molecule has 0 saturated carbocycles. The number of guanidine groups is 1. The van der Waals surface area contributed by atoms with Gasteiger partial charge >= 0.3 is 5.97 Å². The highest BCUT2D eigenvalue weighted by atomic mass is 16.4. The van der Waals surface area contributed by atoms with Crippen LogP contribution < -0.4 is 16.4 Å². The van der Waals surface area contributed by atoms with E-state index in [1.165, 1.54) is 0 Å². The topological polar surface area (TPSA) is 336 Å². The molecular weight excluding hydrogens is 496 g/mol. The van der Waals surface area contributed by atoms with Crippen molar-refractivity contribution < 1.29 is 70.6 Å². The van der Waals surface area contributed by atoms with Crippen LogP contribution in [-0.2, 0) is 14.4 Å². The Hall–Kier alpha value is -2.52. The lowest BCUT2D eigenvalue weighted by atomic mass is 10.0. The molecule has 0 radical (unpaired) electrons. The van der Waals surface area contributed by atoms with E-state index in [0.717, 1.165) is 0 Å². The molecule has 0 aromatic rings. The molecule has 0 bridgehead atoms. The van der Waals surface area contributed by atoms with Gasteiger partial charge in [0.2, 0.25) is 0 Å². The Labute approximate surface area is 203 Å². The van der Waals surface area contributed by atoms with Crippen LogP contribution >= 0.6 is 0 Å². The summed E-state index contributed by atoms with van der Waals surface area (Å²) < 4.78 is 0. The second kappa shape index (κ2) is 16.3. The molecule has 36 heavy (non-hydrogen) atoms. The van der Waals surface area contributed by atoms with Crippen molar-refractivity contribution in [2.24, 2.45) is 10.7 Å². The van der Waals surface area contributed by atoms with E-state index < -0.39 is 91.8 Å². The molecule has 0 aliphatic heterocycles. The summed E-state index contributed by atoms with van der Waals surface area (Å²) >= 11 is 0. The highest BCUT2D eigenvalue weighted by Crippen LogP contribution is 2.08. The molecule has 18 nitrogen and oxygen atoms in total. The fourth-order valence-electron chi connectivity index (χ4n) is 2.60. The van der Waals surface area contributed by atoms with Crippen LogP contribution in [0.15, 0.2) is 4.99 Å².